The van der Waals surface area contributed by atoms with E-state index in [-0.39, 0.29) is 6.03 Å². The van der Waals surface area contributed by atoms with Gasteiger partial charge in [-0.3, -0.25) is 4.98 Å². The summed E-state index contributed by atoms with van der Waals surface area (Å²) >= 11 is 0. The molecule has 0 aliphatic carbocycles. The molecule has 1 aromatic carbocycles. The summed E-state index contributed by atoms with van der Waals surface area (Å²) in [4.78, 5) is 15.9. The van der Waals surface area contributed by atoms with Gasteiger partial charge in [0.1, 0.15) is 0 Å². The van der Waals surface area contributed by atoms with E-state index in [1.807, 2.05) is 25.1 Å². The number of hydrogen-bond donors (Lipinski definition) is 2. The normalized spacial score (nSPS) is 10.0. The standard InChI is InChI=1S/C15H17N3O/c1-3-12-6-4-5-11(2)14(12)18-15(19)17-13-7-9-16-10-8-13/h4-10H,3H2,1-2H3,(H2,16,17,18,19). The van der Waals surface area contributed by atoms with Gasteiger partial charge in [0.15, 0.2) is 0 Å². The molecule has 1 heterocycles. The minimum atomic E-state index is -0.241. The molecule has 0 unspecified atom stereocenters. The van der Waals surface area contributed by atoms with Gasteiger partial charge in [-0.2, -0.15) is 0 Å². The van der Waals surface area contributed by atoms with Crippen molar-refractivity contribution < 1.29 is 4.79 Å². The highest BCUT2D eigenvalue weighted by Crippen LogP contribution is 2.21. The molecule has 19 heavy (non-hydrogen) atoms. The lowest BCUT2D eigenvalue weighted by molar-refractivity contribution is 0.262. The molecule has 2 aromatic rings. The molecule has 4 heteroatoms. The van der Waals surface area contributed by atoms with Crippen molar-refractivity contribution in [3.05, 3.63) is 53.9 Å². The van der Waals surface area contributed by atoms with Crippen LogP contribution in [0.5, 0.6) is 0 Å². The van der Waals surface area contributed by atoms with Gasteiger partial charge in [0, 0.05) is 23.8 Å². The van der Waals surface area contributed by atoms with Gasteiger partial charge in [0.05, 0.1) is 0 Å². The predicted molar refractivity (Wildman–Crippen MR) is 77.4 cm³/mol. The monoisotopic (exact) mass is 255 g/mol. The van der Waals surface area contributed by atoms with Crippen molar-refractivity contribution >= 4 is 17.4 Å². The maximum absolute atomic E-state index is 12.0. The van der Waals surface area contributed by atoms with Crippen LogP contribution in [0.15, 0.2) is 42.7 Å². The average molecular weight is 255 g/mol. The Morgan fingerprint density at radius 2 is 1.89 bits per heavy atom. The highest BCUT2D eigenvalue weighted by Gasteiger charge is 2.08. The Balaban J connectivity index is 2.11. The molecular weight excluding hydrogens is 238 g/mol. The van der Waals surface area contributed by atoms with E-state index in [0.29, 0.717) is 0 Å². The molecule has 1 aromatic heterocycles. The molecule has 0 saturated carbocycles. The third-order valence-corrected chi connectivity index (χ3v) is 2.92. The van der Waals surface area contributed by atoms with Crippen LogP contribution in [0.1, 0.15) is 18.1 Å². The molecule has 2 rings (SSSR count). The fraction of sp³-hybridized carbons (Fsp3) is 0.200. The second kappa shape index (κ2) is 6.00. The average Bonchev–Trinajstić information content (AvgIpc) is 2.42. The van der Waals surface area contributed by atoms with E-state index in [9.17, 15) is 4.79 Å². The number of anilines is 2. The van der Waals surface area contributed by atoms with Gasteiger partial charge < -0.3 is 10.6 Å². The molecule has 4 nitrogen and oxygen atoms in total. The van der Waals surface area contributed by atoms with Crippen molar-refractivity contribution in [2.24, 2.45) is 0 Å². The highest BCUT2D eigenvalue weighted by atomic mass is 16.2. The molecule has 0 aliphatic rings. The Bertz CT molecular complexity index is 567. The van der Waals surface area contributed by atoms with Crippen molar-refractivity contribution in [2.75, 3.05) is 10.6 Å². The second-order valence-corrected chi connectivity index (χ2v) is 4.28. The van der Waals surface area contributed by atoms with Crippen LogP contribution in [0.4, 0.5) is 16.2 Å². The summed E-state index contributed by atoms with van der Waals surface area (Å²) < 4.78 is 0. The number of pyridine rings is 1. The third-order valence-electron chi connectivity index (χ3n) is 2.92. The second-order valence-electron chi connectivity index (χ2n) is 4.28. The lowest BCUT2D eigenvalue weighted by Crippen LogP contribution is -2.20. The number of hydrogen-bond acceptors (Lipinski definition) is 2. The first kappa shape index (κ1) is 13.1. The van der Waals surface area contributed by atoms with Crippen LogP contribution in [-0.4, -0.2) is 11.0 Å². The third kappa shape index (κ3) is 3.31. The molecule has 0 saturated heterocycles. The fourth-order valence-corrected chi connectivity index (χ4v) is 1.91. The number of amides is 2. The van der Waals surface area contributed by atoms with Gasteiger partial charge in [-0.05, 0) is 36.6 Å². The summed E-state index contributed by atoms with van der Waals surface area (Å²) in [5.41, 5.74) is 3.80. The van der Waals surface area contributed by atoms with Crippen molar-refractivity contribution in [1.29, 1.82) is 0 Å². The van der Waals surface area contributed by atoms with E-state index >= 15 is 0 Å². The largest absolute Gasteiger partial charge is 0.323 e. The zero-order chi connectivity index (χ0) is 13.7. The molecule has 98 valence electrons. The zero-order valence-electron chi connectivity index (χ0n) is 11.1. The van der Waals surface area contributed by atoms with Gasteiger partial charge >= 0.3 is 6.03 Å². The van der Waals surface area contributed by atoms with Crippen molar-refractivity contribution in [3.8, 4) is 0 Å². The van der Waals surface area contributed by atoms with E-state index < -0.39 is 0 Å². The highest BCUT2D eigenvalue weighted by molar-refractivity contribution is 6.00. The van der Waals surface area contributed by atoms with Gasteiger partial charge in [0.25, 0.3) is 0 Å². The summed E-state index contributed by atoms with van der Waals surface area (Å²) in [5, 5.41) is 5.69. The summed E-state index contributed by atoms with van der Waals surface area (Å²) in [7, 11) is 0. The molecule has 0 atom stereocenters. The first-order chi connectivity index (χ1) is 9.20. The van der Waals surface area contributed by atoms with Crippen LogP contribution in [-0.2, 0) is 6.42 Å². The molecule has 0 aliphatic heterocycles. The zero-order valence-corrected chi connectivity index (χ0v) is 11.1. The number of benzene rings is 1. The first-order valence-corrected chi connectivity index (χ1v) is 6.27. The quantitative estimate of drug-likeness (QED) is 0.880. The van der Waals surface area contributed by atoms with Crippen LogP contribution in [0.2, 0.25) is 0 Å². The molecule has 0 fully saturated rings. The molecule has 2 N–H and O–H groups in total. The van der Waals surface area contributed by atoms with Gasteiger partial charge in [-0.25, -0.2) is 4.79 Å². The van der Waals surface area contributed by atoms with Gasteiger partial charge in [-0.15, -0.1) is 0 Å². The van der Waals surface area contributed by atoms with Gasteiger partial charge in [0.2, 0.25) is 0 Å². The Morgan fingerprint density at radius 3 is 2.58 bits per heavy atom. The summed E-state index contributed by atoms with van der Waals surface area (Å²) in [5.74, 6) is 0. The molecule has 0 radical (unpaired) electrons. The summed E-state index contributed by atoms with van der Waals surface area (Å²) in [6.07, 6.45) is 4.16. The lowest BCUT2D eigenvalue weighted by Gasteiger charge is -2.13. The van der Waals surface area contributed by atoms with Crippen molar-refractivity contribution in [1.82, 2.24) is 4.98 Å². The van der Waals surface area contributed by atoms with Crippen LogP contribution >= 0.6 is 0 Å². The summed E-state index contributed by atoms with van der Waals surface area (Å²) in [6.45, 7) is 4.06. The van der Waals surface area contributed by atoms with E-state index in [4.69, 9.17) is 0 Å². The molecule has 0 bridgehead atoms. The number of rotatable bonds is 3. The maximum Gasteiger partial charge on any atom is 0.323 e. The number of carbonyl (C=O) groups is 1. The minimum Gasteiger partial charge on any atom is -0.308 e. The number of aryl methyl sites for hydroxylation is 2. The fourth-order valence-electron chi connectivity index (χ4n) is 1.91. The van der Waals surface area contributed by atoms with Crippen molar-refractivity contribution in [3.63, 3.8) is 0 Å². The van der Waals surface area contributed by atoms with E-state index in [1.165, 1.54) is 0 Å². The number of nitrogens with zero attached hydrogens (tertiary/aromatic N) is 1. The first-order valence-electron chi connectivity index (χ1n) is 6.27. The minimum absolute atomic E-state index is 0.241. The molecule has 0 spiro atoms. The van der Waals surface area contributed by atoms with Crippen LogP contribution in [0.3, 0.4) is 0 Å². The SMILES string of the molecule is CCc1cccc(C)c1NC(=O)Nc1ccncc1. The van der Waals surface area contributed by atoms with E-state index in [0.717, 1.165) is 28.9 Å². The van der Waals surface area contributed by atoms with Gasteiger partial charge in [-0.1, -0.05) is 25.1 Å². The Morgan fingerprint density at radius 1 is 1.16 bits per heavy atom. The Kier molecular flexibility index (Phi) is 4.13. The Labute approximate surface area is 112 Å². The maximum atomic E-state index is 12.0. The predicted octanol–water partition coefficient (Wildman–Crippen LogP) is 3.60. The number of nitrogens with one attached hydrogen (secondary N) is 2. The molecular formula is C15H17N3O. The number of aromatic nitrogens is 1. The van der Waals surface area contributed by atoms with Crippen LogP contribution < -0.4 is 10.6 Å². The Hall–Kier alpha value is -2.36. The smallest absolute Gasteiger partial charge is 0.308 e. The van der Waals surface area contributed by atoms with Crippen molar-refractivity contribution in [2.45, 2.75) is 20.3 Å². The summed E-state index contributed by atoms with van der Waals surface area (Å²) in [6, 6.07) is 9.27. The van der Waals surface area contributed by atoms with E-state index in [1.54, 1.807) is 24.5 Å². The van der Waals surface area contributed by atoms with E-state index in [2.05, 4.69) is 22.5 Å². The number of carbonyl (C=O) groups excluding carboxylic acids is 1. The van der Waals surface area contributed by atoms with Crippen LogP contribution in [0, 0.1) is 6.92 Å². The topological polar surface area (TPSA) is 54.0 Å². The number of para-hydroxylation sites is 1. The number of urea groups is 1. The van der Waals surface area contributed by atoms with Crippen LogP contribution in [0.25, 0.3) is 0 Å². The molecule has 2 amide bonds. The lowest BCUT2D eigenvalue weighted by atomic mass is 10.1.